The largest absolute Gasteiger partial charge is 0.497 e. The smallest absolute Gasteiger partial charge is 0.211 e. The van der Waals surface area contributed by atoms with E-state index >= 15 is 0 Å². The number of sulfonamides is 1. The number of anilines is 1. The first-order chi connectivity index (χ1) is 10.4. The van der Waals surface area contributed by atoms with Gasteiger partial charge in [0.15, 0.2) is 5.96 Å². The normalized spacial score (nSPS) is 19.2. The summed E-state index contributed by atoms with van der Waals surface area (Å²) in [7, 11) is -1.57. The van der Waals surface area contributed by atoms with Crippen molar-refractivity contribution < 1.29 is 13.2 Å². The van der Waals surface area contributed by atoms with Crippen LogP contribution in [0.3, 0.4) is 0 Å². The molecule has 0 radical (unpaired) electrons. The number of nitrogens with one attached hydrogen (secondary N) is 1. The van der Waals surface area contributed by atoms with Gasteiger partial charge in [-0.25, -0.2) is 8.42 Å². The molecule has 23 heavy (non-hydrogen) atoms. The van der Waals surface area contributed by atoms with Crippen LogP contribution in [0.2, 0.25) is 0 Å². The van der Waals surface area contributed by atoms with E-state index in [0.717, 1.165) is 24.3 Å². The van der Waals surface area contributed by atoms with E-state index in [0.29, 0.717) is 13.1 Å². The van der Waals surface area contributed by atoms with Crippen LogP contribution >= 0.6 is 24.0 Å². The number of nitrogens with two attached hydrogens (primary N) is 1. The predicted octanol–water partition coefficient (Wildman–Crippen LogP) is 1.46. The highest BCUT2D eigenvalue weighted by Crippen LogP contribution is 2.20. The van der Waals surface area contributed by atoms with Crippen LogP contribution in [0.5, 0.6) is 5.75 Å². The molecule has 1 saturated heterocycles. The maximum atomic E-state index is 11.7. The second-order valence-corrected chi connectivity index (χ2v) is 7.18. The molecule has 0 unspecified atom stereocenters. The fraction of sp³-hybridized carbons (Fsp3) is 0.500. The van der Waals surface area contributed by atoms with Gasteiger partial charge in [-0.05, 0) is 37.1 Å². The molecule has 0 aromatic heterocycles. The van der Waals surface area contributed by atoms with Crippen molar-refractivity contribution in [2.24, 2.45) is 10.7 Å². The molecule has 2 rings (SSSR count). The van der Waals surface area contributed by atoms with Crippen molar-refractivity contribution in [2.45, 2.75) is 18.9 Å². The van der Waals surface area contributed by atoms with E-state index in [-0.39, 0.29) is 36.0 Å². The Morgan fingerprint density at radius 2 is 2.09 bits per heavy atom. The summed E-state index contributed by atoms with van der Waals surface area (Å²) in [5.74, 6) is 1.03. The van der Waals surface area contributed by atoms with Gasteiger partial charge in [0.05, 0.1) is 19.9 Å². The number of rotatable bonds is 5. The van der Waals surface area contributed by atoms with Gasteiger partial charge in [-0.3, -0.25) is 4.99 Å². The van der Waals surface area contributed by atoms with Crippen molar-refractivity contribution in [1.82, 2.24) is 4.31 Å². The molecule has 0 amide bonds. The molecule has 0 aliphatic carbocycles. The van der Waals surface area contributed by atoms with E-state index in [4.69, 9.17) is 10.5 Å². The van der Waals surface area contributed by atoms with Crippen LogP contribution in [0.25, 0.3) is 0 Å². The number of benzene rings is 1. The highest BCUT2D eigenvalue weighted by Gasteiger charge is 2.30. The number of ether oxygens (including phenoxy) is 1. The van der Waals surface area contributed by atoms with Crippen LogP contribution in [-0.4, -0.2) is 51.2 Å². The van der Waals surface area contributed by atoms with Crippen LogP contribution in [0.15, 0.2) is 29.3 Å². The summed E-state index contributed by atoms with van der Waals surface area (Å²) in [6, 6.07) is 7.20. The number of methoxy groups -OCH3 is 1. The molecule has 0 spiro atoms. The summed E-state index contributed by atoms with van der Waals surface area (Å²) in [5.41, 5.74) is 6.65. The first-order valence-corrected chi connectivity index (χ1v) is 8.93. The van der Waals surface area contributed by atoms with E-state index in [1.807, 2.05) is 24.3 Å². The van der Waals surface area contributed by atoms with Crippen molar-refractivity contribution in [3.8, 4) is 5.75 Å². The zero-order chi connectivity index (χ0) is 16.2. The van der Waals surface area contributed by atoms with Crippen molar-refractivity contribution in [3.05, 3.63) is 24.3 Å². The average Bonchev–Trinajstić information content (AvgIpc) is 2.94. The molecule has 1 heterocycles. The first-order valence-electron chi connectivity index (χ1n) is 7.08. The number of hydrogen-bond acceptors (Lipinski definition) is 4. The molecule has 9 heteroatoms. The number of nitrogens with zero attached hydrogens (tertiary/aromatic N) is 2. The molecule has 1 fully saturated rings. The lowest BCUT2D eigenvalue weighted by Gasteiger charge is -2.20. The molecule has 1 aliphatic heterocycles. The fourth-order valence-corrected chi connectivity index (χ4v) is 3.67. The lowest BCUT2D eigenvalue weighted by molar-refractivity contribution is 0.397. The summed E-state index contributed by atoms with van der Waals surface area (Å²) in [4.78, 5) is 4.25. The standard InChI is InChI=1S/C14H22N4O3S.HI/c1-21-13-7-5-11(6-8-13)17-14(15)16-10-12-4-3-9-18(12)22(2,19)20;/h5-8,12H,3-4,9-10H2,1-2H3,(H3,15,16,17);1H/t12-;/m1./s1. The van der Waals surface area contributed by atoms with Crippen molar-refractivity contribution in [1.29, 1.82) is 0 Å². The Kier molecular flexibility index (Phi) is 7.55. The Balaban J connectivity index is 0.00000264. The maximum Gasteiger partial charge on any atom is 0.211 e. The van der Waals surface area contributed by atoms with E-state index < -0.39 is 10.0 Å². The molecule has 130 valence electrons. The van der Waals surface area contributed by atoms with Crippen LogP contribution in [-0.2, 0) is 10.0 Å². The zero-order valence-electron chi connectivity index (χ0n) is 13.2. The monoisotopic (exact) mass is 454 g/mol. The van der Waals surface area contributed by atoms with Crippen LogP contribution in [0.4, 0.5) is 5.69 Å². The second-order valence-electron chi connectivity index (χ2n) is 5.25. The van der Waals surface area contributed by atoms with E-state index in [1.54, 1.807) is 7.11 Å². The Hall–Kier alpha value is -1.07. The van der Waals surface area contributed by atoms with Gasteiger partial charge in [-0.15, -0.1) is 24.0 Å². The van der Waals surface area contributed by atoms with Crippen LogP contribution < -0.4 is 15.8 Å². The molecule has 1 aromatic rings. The highest BCUT2D eigenvalue weighted by atomic mass is 127. The lowest BCUT2D eigenvalue weighted by atomic mass is 10.2. The van der Waals surface area contributed by atoms with Gasteiger partial charge in [0.2, 0.25) is 10.0 Å². The van der Waals surface area contributed by atoms with Gasteiger partial charge in [0.1, 0.15) is 5.75 Å². The van der Waals surface area contributed by atoms with Crippen molar-refractivity contribution in [3.63, 3.8) is 0 Å². The maximum absolute atomic E-state index is 11.7. The van der Waals surface area contributed by atoms with Gasteiger partial charge in [-0.1, -0.05) is 0 Å². The number of hydrogen-bond donors (Lipinski definition) is 2. The van der Waals surface area contributed by atoms with Crippen molar-refractivity contribution in [2.75, 3.05) is 31.8 Å². The van der Waals surface area contributed by atoms with E-state index in [9.17, 15) is 8.42 Å². The van der Waals surface area contributed by atoms with E-state index in [2.05, 4.69) is 10.3 Å². The third kappa shape index (κ3) is 5.81. The highest BCUT2D eigenvalue weighted by molar-refractivity contribution is 14.0. The topological polar surface area (TPSA) is 97.0 Å². The number of aliphatic imine (C=N–C) groups is 1. The van der Waals surface area contributed by atoms with Crippen molar-refractivity contribution >= 4 is 45.6 Å². The van der Waals surface area contributed by atoms with Gasteiger partial charge >= 0.3 is 0 Å². The fourth-order valence-electron chi connectivity index (χ4n) is 2.49. The Bertz CT molecular complexity index is 634. The van der Waals surface area contributed by atoms with Gasteiger partial charge in [-0.2, -0.15) is 4.31 Å². The molecular formula is C14H23IN4O3S. The van der Waals surface area contributed by atoms with Gasteiger partial charge in [0, 0.05) is 18.3 Å². The number of halogens is 1. The Morgan fingerprint density at radius 3 is 2.65 bits per heavy atom. The SMILES string of the molecule is COc1ccc(NC(N)=NC[C@H]2CCCN2S(C)(=O)=O)cc1.I. The molecule has 1 aromatic carbocycles. The average molecular weight is 454 g/mol. The summed E-state index contributed by atoms with van der Waals surface area (Å²) in [6.07, 6.45) is 2.90. The summed E-state index contributed by atoms with van der Waals surface area (Å²) >= 11 is 0. The summed E-state index contributed by atoms with van der Waals surface area (Å²) in [5, 5.41) is 2.97. The molecule has 0 bridgehead atoms. The quantitative estimate of drug-likeness (QED) is 0.399. The van der Waals surface area contributed by atoms with Crippen LogP contribution in [0, 0.1) is 0 Å². The predicted molar refractivity (Wildman–Crippen MR) is 103 cm³/mol. The molecule has 1 aliphatic rings. The molecule has 7 nitrogen and oxygen atoms in total. The minimum atomic E-state index is -3.18. The van der Waals surface area contributed by atoms with Crippen LogP contribution in [0.1, 0.15) is 12.8 Å². The van der Waals surface area contributed by atoms with E-state index in [1.165, 1.54) is 10.6 Å². The third-order valence-electron chi connectivity index (χ3n) is 3.58. The molecule has 0 saturated carbocycles. The zero-order valence-corrected chi connectivity index (χ0v) is 16.4. The first kappa shape index (κ1) is 20.0. The lowest BCUT2D eigenvalue weighted by Crippen LogP contribution is -2.37. The minimum absolute atomic E-state index is 0. The molecular weight excluding hydrogens is 431 g/mol. The second kappa shape index (κ2) is 8.69. The summed E-state index contributed by atoms with van der Waals surface area (Å²) < 4.78 is 29.9. The summed E-state index contributed by atoms with van der Waals surface area (Å²) in [6.45, 7) is 0.924. The Morgan fingerprint density at radius 1 is 1.43 bits per heavy atom. The van der Waals surface area contributed by atoms with Gasteiger partial charge in [0.25, 0.3) is 0 Å². The van der Waals surface area contributed by atoms with Gasteiger partial charge < -0.3 is 15.8 Å². The third-order valence-corrected chi connectivity index (χ3v) is 4.92. The Labute approximate surface area is 154 Å². The minimum Gasteiger partial charge on any atom is -0.497 e. The number of guanidine groups is 1. The molecule has 1 atom stereocenters. The molecule has 3 N–H and O–H groups in total.